The second kappa shape index (κ2) is 19.6. The number of rotatable bonds is 21. The van der Waals surface area contributed by atoms with E-state index in [4.69, 9.17) is 9.84 Å². The zero-order valence-electron chi connectivity index (χ0n) is 22.7. The number of carbonyl (C=O) groups is 2. The van der Waals surface area contributed by atoms with Crippen molar-refractivity contribution in [2.24, 2.45) is 23.7 Å². The number of allylic oxidation sites excluding steroid dienone is 1. The van der Waals surface area contributed by atoms with Gasteiger partial charge in [0.05, 0.1) is 0 Å². The van der Waals surface area contributed by atoms with E-state index in [0.717, 1.165) is 30.6 Å². The van der Waals surface area contributed by atoms with Crippen LogP contribution in [0.5, 0.6) is 0 Å². The summed E-state index contributed by atoms with van der Waals surface area (Å²) in [4.78, 5) is 22.2. The number of aliphatic hydroxyl groups excluding tert-OH is 4. The van der Waals surface area contributed by atoms with Gasteiger partial charge < -0.3 is 25.2 Å². The second-order valence-corrected chi connectivity index (χ2v) is 11.0. The molecule has 5 atom stereocenters. The van der Waals surface area contributed by atoms with E-state index >= 15 is 0 Å². The normalized spacial score (nSPS) is 16.8. The van der Waals surface area contributed by atoms with E-state index in [1.165, 1.54) is 51.4 Å². The van der Waals surface area contributed by atoms with Crippen LogP contribution in [0.3, 0.4) is 0 Å². The molecule has 206 valence electrons. The Morgan fingerprint density at radius 3 is 1.60 bits per heavy atom. The lowest BCUT2D eigenvalue weighted by Crippen LogP contribution is -2.33. The van der Waals surface area contributed by atoms with E-state index in [2.05, 4.69) is 34.6 Å². The molecule has 0 fully saturated rings. The molecule has 0 rings (SSSR count). The number of esters is 1. The zero-order chi connectivity index (χ0) is 26.8. The van der Waals surface area contributed by atoms with Crippen molar-refractivity contribution in [3.05, 3.63) is 11.5 Å². The summed E-state index contributed by atoms with van der Waals surface area (Å²) in [6.07, 6.45) is 9.79. The van der Waals surface area contributed by atoms with Crippen LogP contribution in [0.25, 0.3) is 0 Å². The van der Waals surface area contributed by atoms with Crippen molar-refractivity contribution in [3.8, 4) is 0 Å². The number of hydrogen-bond donors (Lipinski definition) is 4. The molecule has 0 saturated carbocycles. The Morgan fingerprint density at radius 2 is 1.17 bits per heavy atom. The monoisotopic (exact) mass is 500 g/mol. The summed E-state index contributed by atoms with van der Waals surface area (Å²) < 4.78 is 4.92. The lowest BCUT2D eigenvalue weighted by Gasteiger charge is -2.17. The maximum Gasteiger partial charge on any atom is 0.305 e. The fourth-order valence-corrected chi connectivity index (χ4v) is 4.27. The molecule has 5 unspecified atom stereocenters. The second-order valence-electron chi connectivity index (χ2n) is 11.0. The van der Waals surface area contributed by atoms with E-state index in [-0.39, 0.29) is 12.7 Å². The standard InChI is InChI=1S/C28H52O7/c1-20(2)10-6-11-21(3)12-7-13-22(4)14-8-15-23(5)16-9-17-26(32)35-19-25(31)28(34)27(33)24(30)18-29/h18,20-23,25,28,30-31,33-34H,6-17,19H2,1-5H3/b27-24-. The summed E-state index contributed by atoms with van der Waals surface area (Å²) in [5.41, 5.74) is 0. The van der Waals surface area contributed by atoms with Gasteiger partial charge in [-0.05, 0) is 30.1 Å². The molecule has 0 heterocycles. The van der Waals surface area contributed by atoms with Gasteiger partial charge >= 0.3 is 5.97 Å². The molecule has 0 radical (unpaired) electrons. The fourth-order valence-electron chi connectivity index (χ4n) is 4.27. The van der Waals surface area contributed by atoms with Gasteiger partial charge in [0, 0.05) is 6.42 Å². The first kappa shape index (κ1) is 33.4. The lowest BCUT2D eigenvalue weighted by atomic mass is 9.90. The molecule has 0 aromatic carbocycles. The Balaban J connectivity index is 3.87. The molecule has 7 heteroatoms. The molecule has 0 bridgehead atoms. The van der Waals surface area contributed by atoms with E-state index in [0.29, 0.717) is 12.3 Å². The first-order valence-corrected chi connectivity index (χ1v) is 13.6. The zero-order valence-corrected chi connectivity index (χ0v) is 22.7. The average molecular weight is 501 g/mol. The summed E-state index contributed by atoms with van der Waals surface area (Å²) in [5, 5.41) is 37.8. The minimum Gasteiger partial charge on any atom is -0.506 e. The van der Waals surface area contributed by atoms with Gasteiger partial charge in [-0.15, -0.1) is 0 Å². The van der Waals surface area contributed by atoms with Gasteiger partial charge in [-0.3, -0.25) is 9.59 Å². The Bertz CT molecular complexity index is 602. The predicted octanol–water partition coefficient (Wildman–Crippen LogP) is 6.02. The van der Waals surface area contributed by atoms with Gasteiger partial charge in [0.2, 0.25) is 0 Å². The van der Waals surface area contributed by atoms with Crippen molar-refractivity contribution in [3.63, 3.8) is 0 Å². The van der Waals surface area contributed by atoms with Crippen molar-refractivity contribution in [1.82, 2.24) is 0 Å². The van der Waals surface area contributed by atoms with Crippen molar-refractivity contribution < 1.29 is 34.8 Å². The number of aliphatic hydroxyl groups is 4. The number of hydrogen-bond acceptors (Lipinski definition) is 7. The maximum absolute atomic E-state index is 11.9. The molecule has 0 aliphatic rings. The van der Waals surface area contributed by atoms with Crippen molar-refractivity contribution in [2.45, 2.75) is 124 Å². The molecule has 0 aromatic rings. The Hall–Kier alpha value is -1.60. The Kier molecular flexibility index (Phi) is 18.7. The van der Waals surface area contributed by atoms with E-state index < -0.39 is 36.3 Å². The minimum absolute atomic E-state index is 0.0592. The summed E-state index contributed by atoms with van der Waals surface area (Å²) in [5.74, 6) is 0.288. The van der Waals surface area contributed by atoms with Crippen LogP contribution in [0.15, 0.2) is 11.5 Å². The third-order valence-electron chi connectivity index (χ3n) is 6.78. The number of aldehydes is 1. The number of ether oxygens (including phenoxy) is 1. The van der Waals surface area contributed by atoms with Crippen LogP contribution < -0.4 is 0 Å². The predicted molar refractivity (Wildman–Crippen MR) is 139 cm³/mol. The van der Waals surface area contributed by atoms with Gasteiger partial charge in [0.15, 0.2) is 17.8 Å². The van der Waals surface area contributed by atoms with Crippen molar-refractivity contribution >= 4 is 12.3 Å². The molecule has 35 heavy (non-hydrogen) atoms. The highest BCUT2D eigenvalue weighted by atomic mass is 16.5. The van der Waals surface area contributed by atoms with Crippen LogP contribution in [0.4, 0.5) is 0 Å². The van der Waals surface area contributed by atoms with Crippen molar-refractivity contribution in [2.75, 3.05) is 6.61 Å². The van der Waals surface area contributed by atoms with Crippen LogP contribution in [0.1, 0.15) is 112 Å². The minimum atomic E-state index is -1.91. The Labute approximate surface area is 213 Å². The molecule has 0 aliphatic carbocycles. The topological polar surface area (TPSA) is 124 Å². The van der Waals surface area contributed by atoms with Gasteiger partial charge in [-0.1, -0.05) is 98.8 Å². The SMILES string of the molecule is CC(C)CCCC(C)CCCC(C)CCCC(C)CCCC(=O)OCC(O)C(O)/C(O)=C(/O)C=O. The summed E-state index contributed by atoms with van der Waals surface area (Å²) in [6.45, 7) is 11.0. The third-order valence-corrected chi connectivity index (χ3v) is 6.78. The van der Waals surface area contributed by atoms with Gasteiger partial charge in [0.25, 0.3) is 0 Å². The first-order valence-electron chi connectivity index (χ1n) is 13.6. The molecule has 0 spiro atoms. The quantitative estimate of drug-likeness (QED) is 0.0657. The molecule has 0 aliphatic heterocycles. The molecule has 0 amide bonds. The molecule has 0 saturated heterocycles. The van der Waals surface area contributed by atoms with E-state index in [1.54, 1.807) is 0 Å². The van der Waals surface area contributed by atoms with Crippen LogP contribution in [-0.4, -0.2) is 51.5 Å². The highest BCUT2D eigenvalue weighted by Crippen LogP contribution is 2.23. The molecular weight excluding hydrogens is 448 g/mol. The smallest absolute Gasteiger partial charge is 0.305 e. The van der Waals surface area contributed by atoms with Gasteiger partial charge in [-0.2, -0.15) is 0 Å². The summed E-state index contributed by atoms with van der Waals surface area (Å²) >= 11 is 0. The van der Waals surface area contributed by atoms with Crippen molar-refractivity contribution in [1.29, 1.82) is 0 Å². The molecule has 7 nitrogen and oxygen atoms in total. The molecule has 4 N–H and O–H groups in total. The van der Waals surface area contributed by atoms with Crippen LogP contribution >= 0.6 is 0 Å². The van der Waals surface area contributed by atoms with E-state index in [1.807, 2.05) is 0 Å². The van der Waals surface area contributed by atoms with E-state index in [9.17, 15) is 24.9 Å². The van der Waals surface area contributed by atoms with Crippen LogP contribution in [0, 0.1) is 23.7 Å². The Morgan fingerprint density at radius 1 is 0.743 bits per heavy atom. The molecule has 0 aromatic heterocycles. The largest absolute Gasteiger partial charge is 0.506 e. The van der Waals surface area contributed by atoms with Gasteiger partial charge in [-0.25, -0.2) is 0 Å². The highest BCUT2D eigenvalue weighted by molar-refractivity contribution is 5.70. The summed E-state index contributed by atoms with van der Waals surface area (Å²) in [7, 11) is 0. The highest BCUT2D eigenvalue weighted by Gasteiger charge is 2.25. The number of carbonyl (C=O) groups excluding carboxylic acids is 2. The summed E-state index contributed by atoms with van der Waals surface area (Å²) in [6, 6.07) is 0. The fraction of sp³-hybridized carbons (Fsp3) is 0.857. The average Bonchev–Trinajstić information content (AvgIpc) is 2.80. The van der Waals surface area contributed by atoms with Crippen LogP contribution in [0.2, 0.25) is 0 Å². The lowest BCUT2D eigenvalue weighted by molar-refractivity contribution is -0.149. The van der Waals surface area contributed by atoms with Gasteiger partial charge in [0.1, 0.15) is 18.8 Å². The maximum atomic E-state index is 11.9. The molecular formula is C28H52O7. The van der Waals surface area contributed by atoms with Crippen LogP contribution in [-0.2, 0) is 14.3 Å². The third kappa shape index (κ3) is 17.5. The first-order chi connectivity index (χ1) is 16.5.